The molecule has 2 aromatic rings. The highest BCUT2D eigenvalue weighted by Crippen LogP contribution is 2.33. The zero-order chi connectivity index (χ0) is 12.4. The third kappa shape index (κ3) is 2.39. The molecule has 0 aliphatic heterocycles. The number of rotatable bonds is 2. The van der Waals surface area contributed by atoms with Gasteiger partial charge in [0.25, 0.3) is 0 Å². The fraction of sp³-hybridized carbons (Fsp3) is 0.333. The first-order valence-corrected chi connectivity index (χ1v) is 7.23. The number of nitrogens with one attached hydrogen (secondary N) is 2. The number of aryl methyl sites for hydroxylation is 1. The van der Waals surface area contributed by atoms with Gasteiger partial charge in [0, 0.05) is 17.3 Å². The summed E-state index contributed by atoms with van der Waals surface area (Å²) in [5.74, 6) is 0. The van der Waals surface area contributed by atoms with E-state index in [-0.39, 0.29) is 0 Å². The van der Waals surface area contributed by atoms with Crippen molar-refractivity contribution in [2.45, 2.75) is 25.3 Å². The van der Waals surface area contributed by atoms with Crippen molar-refractivity contribution in [1.29, 1.82) is 0 Å². The highest BCUT2D eigenvalue weighted by molar-refractivity contribution is 7.80. The maximum absolute atomic E-state index is 5.32. The maximum atomic E-state index is 5.32. The predicted octanol–water partition coefficient (Wildman–Crippen LogP) is 2.44. The monoisotopic (exact) mass is 278 g/mol. The number of thiocarbonyl (C=S) groups is 1. The van der Waals surface area contributed by atoms with Crippen LogP contribution in [0.1, 0.15) is 29.3 Å². The number of hydrogen-bond acceptors (Lipinski definition) is 3. The molecule has 6 heteroatoms. The summed E-state index contributed by atoms with van der Waals surface area (Å²) < 4.78 is 1.74. The van der Waals surface area contributed by atoms with Crippen molar-refractivity contribution in [2.24, 2.45) is 0 Å². The van der Waals surface area contributed by atoms with E-state index in [0.717, 1.165) is 6.42 Å². The summed E-state index contributed by atoms with van der Waals surface area (Å²) in [4.78, 5) is 5.45. The van der Waals surface area contributed by atoms with Crippen LogP contribution in [-0.4, -0.2) is 14.8 Å². The minimum Gasteiger partial charge on any atom is -0.354 e. The van der Waals surface area contributed by atoms with Crippen LogP contribution in [0.4, 0.5) is 0 Å². The molecular weight excluding hydrogens is 264 g/mol. The minimum absolute atomic E-state index is 0.337. The molecule has 2 N–H and O–H groups in total. The van der Waals surface area contributed by atoms with Crippen LogP contribution in [-0.2, 0) is 6.42 Å². The molecule has 0 aromatic carbocycles. The summed E-state index contributed by atoms with van der Waals surface area (Å²) in [6.45, 7) is 0. The van der Waals surface area contributed by atoms with E-state index in [4.69, 9.17) is 12.2 Å². The van der Waals surface area contributed by atoms with Crippen molar-refractivity contribution < 1.29 is 0 Å². The van der Waals surface area contributed by atoms with Crippen LogP contribution in [0, 0.1) is 0 Å². The lowest BCUT2D eigenvalue weighted by atomic mass is 9.94. The van der Waals surface area contributed by atoms with Gasteiger partial charge in [0.2, 0.25) is 0 Å². The van der Waals surface area contributed by atoms with Crippen LogP contribution in [0.15, 0.2) is 30.2 Å². The van der Waals surface area contributed by atoms with Gasteiger partial charge < -0.3 is 5.32 Å². The molecule has 0 saturated carbocycles. The van der Waals surface area contributed by atoms with Crippen LogP contribution in [0.3, 0.4) is 0 Å². The Morgan fingerprint density at radius 1 is 1.56 bits per heavy atom. The van der Waals surface area contributed by atoms with Gasteiger partial charge in [0.05, 0.1) is 6.04 Å². The molecule has 94 valence electrons. The van der Waals surface area contributed by atoms with Gasteiger partial charge in [0.1, 0.15) is 6.33 Å². The SMILES string of the molecule is S=C(NC1CCCc2sccc21)Nn1ccnc1. The van der Waals surface area contributed by atoms with Gasteiger partial charge in [-0.25, -0.2) is 9.66 Å². The van der Waals surface area contributed by atoms with Crippen LogP contribution < -0.4 is 10.7 Å². The van der Waals surface area contributed by atoms with Crippen LogP contribution in [0.5, 0.6) is 0 Å². The van der Waals surface area contributed by atoms with Crippen molar-refractivity contribution in [3.8, 4) is 0 Å². The molecule has 1 aliphatic rings. The normalized spacial score (nSPS) is 18.1. The zero-order valence-electron chi connectivity index (χ0n) is 9.80. The van der Waals surface area contributed by atoms with E-state index in [2.05, 4.69) is 27.2 Å². The maximum Gasteiger partial charge on any atom is 0.186 e. The molecule has 2 heterocycles. The summed E-state index contributed by atoms with van der Waals surface area (Å²) in [6, 6.07) is 2.54. The van der Waals surface area contributed by atoms with Crippen LogP contribution in [0.25, 0.3) is 0 Å². The Balaban J connectivity index is 1.66. The summed E-state index contributed by atoms with van der Waals surface area (Å²) in [5, 5.41) is 6.18. The quantitative estimate of drug-likeness (QED) is 0.828. The van der Waals surface area contributed by atoms with E-state index in [0.29, 0.717) is 11.2 Å². The number of aromatic nitrogens is 2. The fourth-order valence-corrected chi connectivity index (χ4v) is 3.50. The first-order chi connectivity index (χ1) is 8.83. The van der Waals surface area contributed by atoms with Gasteiger partial charge in [-0.3, -0.25) is 5.43 Å². The Hall–Kier alpha value is -1.40. The molecule has 2 aromatic heterocycles. The fourth-order valence-electron chi connectivity index (χ4n) is 2.27. The van der Waals surface area contributed by atoms with Crippen molar-refractivity contribution in [3.05, 3.63) is 40.6 Å². The number of thiophene rings is 1. The average molecular weight is 278 g/mol. The minimum atomic E-state index is 0.337. The number of imidazole rings is 1. The van der Waals surface area contributed by atoms with E-state index < -0.39 is 0 Å². The number of fused-ring (bicyclic) bond motifs is 1. The van der Waals surface area contributed by atoms with Crippen molar-refractivity contribution in [2.75, 3.05) is 5.43 Å². The highest BCUT2D eigenvalue weighted by Gasteiger charge is 2.21. The lowest BCUT2D eigenvalue weighted by molar-refractivity contribution is 0.534. The Bertz CT molecular complexity index is 532. The second kappa shape index (κ2) is 5.07. The summed E-state index contributed by atoms with van der Waals surface area (Å²) in [5.41, 5.74) is 4.47. The number of hydrogen-bond donors (Lipinski definition) is 2. The molecule has 18 heavy (non-hydrogen) atoms. The lowest BCUT2D eigenvalue weighted by Gasteiger charge is -2.25. The van der Waals surface area contributed by atoms with Gasteiger partial charge in [0.15, 0.2) is 5.11 Å². The van der Waals surface area contributed by atoms with E-state index in [9.17, 15) is 0 Å². The third-order valence-corrected chi connectivity index (χ3v) is 4.30. The summed E-state index contributed by atoms with van der Waals surface area (Å²) in [6.07, 6.45) is 8.78. The van der Waals surface area contributed by atoms with Gasteiger partial charge >= 0.3 is 0 Å². The summed E-state index contributed by atoms with van der Waals surface area (Å²) >= 11 is 7.16. The molecule has 0 spiro atoms. The molecule has 1 aliphatic carbocycles. The first kappa shape index (κ1) is 11.7. The van der Waals surface area contributed by atoms with E-state index >= 15 is 0 Å². The molecule has 0 radical (unpaired) electrons. The van der Waals surface area contributed by atoms with Crippen molar-refractivity contribution >= 4 is 28.7 Å². The summed E-state index contributed by atoms with van der Waals surface area (Å²) in [7, 11) is 0. The Kier molecular flexibility index (Phi) is 3.29. The zero-order valence-corrected chi connectivity index (χ0v) is 11.4. The molecule has 4 nitrogen and oxygen atoms in total. The molecule has 0 fully saturated rings. The van der Waals surface area contributed by atoms with Crippen LogP contribution in [0.2, 0.25) is 0 Å². The van der Waals surface area contributed by atoms with E-state index in [1.165, 1.54) is 23.3 Å². The highest BCUT2D eigenvalue weighted by atomic mass is 32.1. The lowest BCUT2D eigenvalue weighted by Crippen LogP contribution is -2.37. The van der Waals surface area contributed by atoms with Gasteiger partial charge in [-0.05, 0) is 48.5 Å². The standard InChI is InChI=1S/C12H14N4S2/c17-12(15-16-6-5-13-8-16)14-10-2-1-3-11-9(10)4-7-18-11/h4-8,10H,1-3H2,(H2,14,15,17). The third-order valence-electron chi connectivity index (χ3n) is 3.09. The topological polar surface area (TPSA) is 41.9 Å². The predicted molar refractivity (Wildman–Crippen MR) is 77.3 cm³/mol. The molecule has 0 saturated heterocycles. The van der Waals surface area contributed by atoms with Gasteiger partial charge in [-0.15, -0.1) is 11.3 Å². The Morgan fingerprint density at radius 3 is 3.33 bits per heavy atom. The first-order valence-electron chi connectivity index (χ1n) is 5.94. The Labute approximate surface area is 115 Å². The molecule has 0 bridgehead atoms. The van der Waals surface area contributed by atoms with Gasteiger partial charge in [-0.1, -0.05) is 0 Å². The second-order valence-corrected chi connectivity index (χ2v) is 5.71. The molecular formula is C12H14N4S2. The number of nitrogens with zero attached hydrogens (tertiary/aromatic N) is 2. The van der Waals surface area contributed by atoms with Gasteiger partial charge in [-0.2, -0.15) is 0 Å². The average Bonchev–Trinajstić information content (AvgIpc) is 2.99. The molecule has 1 unspecified atom stereocenters. The molecule has 3 rings (SSSR count). The Morgan fingerprint density at radius 2 is 2.50 bits per heavy atom. The largest absolute Gasteiger partial charge is 0.354 e. The van der Waals surface area contributed by atoms with Crippen molar-refractivity contribution in [3.63, 3.8) is 0 Å². The molecule has 0 amide bonds. The van der Waals surface area contributed by atoms with Crippen molar-refractivity contribution in [1.82, 2.24) is 15.0 Å². The smallest absolute Gasteiger partial charge is 0.186 e. The van der Waals surface area contributed by atoms with E-state index in [1.54, 1.807) is 17.2 Å². The second-order valence-electron chi connectivity index (χ2n) is 4.30. The van der Waals surface area contributed by atoms with Crippen LogP contribution >= 0.6 is 23.6 Å². The molecule has 1 atom stereocenters. The van der Waals surface area contributed by atoms with E-state index in [1.807, 2.05) is 17.5 Å².